The molecule has 1 fully saturated rings. The Morgan fingerprint density at radius 2 is 2.17 bits per heavy atom. The smallest absolute Gasteiger partial charge is 0.273 e. The monoisotopic (exact) mass is 318 g/mol. The summed E-state index contributed by atoms with van der Waals surface area (Å²) in [7, 11) is 0. The SMILES string of the molecule is O=C(N[C@@H]1COCC[C@H]1Oc1ccc(CO)cc1)c1ccon1. The number of rotatable bonds is 5. The molecule has 0 unspecified atom stereocenters. The van der Waals surface area contributed by atoms with Gasteiger partial charge in [-0.25, -0.2) is 0 Å². The summed E-state index contributed by atoms with van der Waals surface area (Å²) in [4.78, 5) is 12.1. The molecule has 2 atom stereocenters. The molecule has 23 heavy (non-hydrogen) atoms. The first-order valence-electron chi connectivity index (χ1n) is 7.41. The van der Waals surface area contributed by atoms with E-state index in [4.69, 9.17) is 14.6 Å². The summed E-state index contributed by atoms with van der Waals surface area (Å²) in [5, 5.41) is 15.5. The lowest BCUT2D eigenvalue weighted by Gasteiger charge is -2.32. The number of ether oxygens (including phenoxy) is 2. The Kier molecular flexibility index (Phi) is 4.89. The minimum Gasteiger partial charge on any atom is -0.488 e. The van der Waals surface area contributed by atoms with Crippen LogP contribution in [-0.2, 0) is 11.3 Å². The second-order valence-corrected chi connectivity index (χ2v) is 5.29. The number of aliphatic hydroxyl groups excluding tert-OH is 1. The number of carbonyl (C=O) groups excluding carboxylic acids is 1. The van der Waals surface area contributed by atoms with Crippen molar-refractivity contribution in [3.05, 3.63) is 47.9 Å². The fourth-order valence-electron chi connectivity index (χ4n) is 2.41. The third-order valence-corrected chi connectivity index (χ3v) is 3.67. The summed E-state index contributed by atoms with van der Waals surface area (Å²) in [6.45, 7) is 0.951. The Labute approximate surface area is 133 Å². The van der Waals surface area contributed by atoms with Crippen LogP contribution in [0.4, 0.5) is 0 Å². The van der Waals surface area contributed by atoms with Gasteiger partial charge in [0, 0.05) is 12.5 Å². The minimum atomic E-state index is -0.321. The van der Waals surface area contributed by atoms with Crippen LogP contribution in [0, 0.1) is 0 Å². The van der Waals surface area contributed by atoms with Crippen molar-refractivity contribution < 1.29 is 23.9 Å². The molecule has 0 radical (unpaired) electrons. The number of aliphatic hydroxyl groups is 1. The Bertz CT molecular complexity index is 626. The van der Waals surface area contributed by atoms with Crippen LogP contribution in [0.25, 0.3) is 0 Å². The summed E-state index contributed by atoms with van der Waals surface area (Å²) in [6, 6.07) is 8.44. The van der Waals surface area contributed by atoms with E-state index in [1.54, 1.807) is 24.3 Å². The van der Waals surface area contributed by atoms with Gasteiger partial charge in [0.2, 0.25) is 0 Å². The molecular weight excluding hydrogens is 300 g/mol. The third-order valence-electron chi connectivity index (χ3n) is 3.67. The van der Waals surface area contributed by atoms with E-state index in [1.165, 1.54) is 12.3 Å². The molecule has 1 aliphatic rings. The minimum absolute atomic E-state index is 0.00602. The maximum absolute atomic E-state index is 12.1. The van der Waals surface area contributed by atoms with E-state index in [1.807, 2.05) is 0 Å². The van der Waals surface area contributed by atoms with Crippen molar-refractivity contribution >= 4 is 5.91 Å². The van der Waals surface area contributed by atoms with Gasteiger partial charge in [-0.1, -0.05) is 17.3 Å². The first-order chi connectivity index (χ1) is 11.3. The summed E-state index contributed by atoms with van der Waals surface area (Å²) in [5.41, 5.74) is 1.04. The maximum atomic E-state index is 12.1. The molecule has 2 aromatic rings. The second-order valence-electron chi connectivity index (χ2n) is 5.29. The van der Waals surface area contributed by atoms with Gasteiger partial charge in [-0.3, -0.25) is 4.79 Å². The van der Waals surface area contributed by atoms with E-state index in [0.29, 0.717) is 25.4 Å². The highest BCUT2D eigenvalue weighted by Gasteiger charge is 2.29. The molecule has 3 rings (SSSR count). The van der Waals surface area contributed by atoms with E-state index in [-0.39, 0.29) is 30.4 Å². The zero-order valence-corrected chi connectivity index (χ0v) is 12.5. The second kappa shape index (κ2) is 7.26. The van der Waals surface area contributed by atoms with Crippen LogP contribution in [0.3, 0.4) is 0 Å². The van der Waals surface area contributed by atoms with E-state index in [9.17, 15) is 4.79 Å². The van der Waals surface area contributed by atoms with Crippen molar-refractivity contribution in [2.75, 3.05) is 13.2 Å². The average Bonchev–Trinajstić information content (AvgIpc) is 3.12. The van der Waals surface area contributed by atoms with Crippen molar-refractivity contribution in [2.45, 2.75) is 25.2 Å². The van der Waals surface area contributed by atoms with Crippen LogP contribution >= 0.6 is 0 Å². The van der Waals surface area contributed by atoms with Gasteiger partial charge in [0.1, 0.15) is 18.1 Å². The molecule has 0 saturated carbocycles. The summed E-state index contributed by atoms with van der Waals surface area (Å²) >= 11 is 0. The predicted octanol–water partition coefficient (Wildman–Crippen LogP) is 1.13. The number of hydrogen-bond donors (Lipinski definition) is 2. The molecule has 2 heterocycles. The van der Waals surface area contributed by atoms with E-state index >= 15 is 0 Å². The molecule has 1 amide bonds. The summed E-state index contributed by atoms with van der Waals surface area (Å²) in [6.07, 6.45) is 1.83. The Hall–Kier alpha value is -2.38. The molecule has 7 heteroatoms. The normalized spacial score (nSPS) is 20.9. The van der Waals surface area contributed by atoms with Gasteiger partial charge in [0.05, 0.1) is 25.9 Å². The lowest BCUT2D eigenvalue weighted by atomic mass is 10.1. The molecule has 0 bridgehead atoms. The quantitative estimate of drug-likeness (QED) is 0.858. The standard InChI is InChI=1S/C16H18N2O5/c19-9-11-1-3-12(4-2-11)23-15-6-7-21-10-14(15)17-16(20)13-5-8-22-18-13/h1-5,8,14-15,19H,6-7,9-10H2,(H,17,20)/t14-,15-/m1/s1. The zero-order valence-electron chi connectivity index (χ0n) is 12.5. The van der Waals surface area contributed by atoms with Crippen LogP contribution < -0.4 is 10.1 Å². The highest BCUT2D eigenvalue weighted by atomic mass is 16.5. The fourth-order valence-corrected chi connectivity index (χ4v) is 2.41. The van der Waals surface area contributed by atoms with Gasteiger partial charge in [-0.05, 0) is 17.7 Å². The van der Waals surface area contributed by atoms with Crippen molar-refractivity contribution in [2.24, 2.45) is 0 Å². The van der Waals surface area contributed by atoms with E-state index in [2.05, 4.69) is 15.0 Å². The lowest BCUT2D eigenvalue weighted by molar-refractivity contribution is -0.00300. The van der Waals surface area contributed by atoms with Crippen molar-refractivity contribution in [1.29, 1.82) is 0 Å². The summed E-state index contributed by atoms with van der Waals surface area (Å²) < 4.78 is 16.1. The molecule has 1 aromatic carbocycles. The van der Waals surface area contributed by atoms with E-state index < -0.39 is 0 Å². The number of nitrogens with one attached hydrogen (secondary N) is 1. The molecule has 1 aromatic heterocycles. The largest absolute Gasteiger partial charge is 0.488 e. The summed E-state index contributed by atoms with van der Waals surface area (Å²) in [5.74, 6) is 0.369. The Morgan fingerprint density at radius 3 is 2.87 bits per heavy atom. The maximum Gasteiger partial charge on any atom is 0.273 e. The molecule has 1 saturated heterocycles. The third kappa shape index (κ3) is 3.88. The first-order valence-corrected chi connectivity index (χ1v) is 7.41. The van der Waals surface area contributed by atoms with Crippen LogP contribution in [0.15, 0.2) is 41.1 Å². The molecule has 2 N–H and O–H groups in total. The fraction of sp³-hybridized carbons (Fsp3) is 0.375. The zero-order chi connectivity index (χ0) is 16.1. The first kappa shape index (κ1) is 15.5. The predicted molar refractivity (Wildman–Crippen MR) is 80.0 cm³/mol. The highest BCUT2D eigenvalue weighted by molar-refractivity contribution is 5.92. The number of aromatic nitrogens is 1. The van der Waals surface area contributed by atoms with Gasteiger partial charge in [0.25, 0.3) is 5.91 Å². The van der Waals surface area contributed by atoms with Crippen LogP contribution in [0.5, 0.6) is 5.75 Å². The number of hydrogen-bond acceptors (Lipinski definition) is 6. The van der Waals surface area contributed by atoms with Gasteiger partial charge in [-0.2, -0.15) is 0 Å². The van der Waals surface area contributed by atoms with Crippen LogP contribution in [0.2, 0.25) is 0 Å². The molecule has 7 nitrogen and oxygen atoms in total. The van der Waals surface area contributed by atoms with Crippen molar-refractivity contribution in [3.8, 4) is 5.75 Å². The van der Waals surface area contributed by atoms with Gasteiger partial charge >= 0.3 is 0 Å². The number of carbonyl (C=O) groups is 1. The molecular formula is C16H18N2O5. The van der Waals surface area contributed by atoms with E-state index in [0.717, 1.165) is 5.56 Å². The van der Waals surface area contributed by atoms with Crippen LogP contribution in [-0.4, -0.2) is 41.5 Å². The topological polar surface area (TPSA) is 93.8 Å². The van der Waals surface area contributed by atoms with Gasteiger partial charge in [0.15, 0.2) is 5.69 Å². The van der Waals surface area contributed by atoms with Gasteiger partial charge in [-0.15, -0.1) is 0 Å². The highest BCUT2D eigenvalue weighted by Crippen LogP contribution is 2.19. The molecule has 0 aliphatic carbocycles. The lowest BCUT2D eigenvalue weighted by Crippen LogP contribution is -2.51. The van der Waals surface area contributed by atoms with Gasteiger partial charge < -0.3 is 24.4 Å². The number of nitrogens with zero attached hydrogens (tertiary/aromatic N) is 1. The van der Waals surface area contributed by atoms with Crippen molar-refractivity contribution in [1.82, 2.24) is 10.5 Å². The number of benzene rings is 1. The molecule has 122 valence electrons. The van der Waals surface area contributed by atoms with Crippen molar-refractivity contribution in [3.63, 3.8) is 0 Å². The van der Waals surface area contributed by atoms with Crippen LogP contribution in [0.1, 0.15) is 22.5 Å². The number of amides is 1. The Balaban J connectivity index is 1.64. The average molecular weight is 318 g/mol. The molecule has 0 spiro atoms. The molecule has 1 aliphatic heterocycles. The Morgan fingerprint density at radius 1 is 1.35 bits per heavy atom.